The number of pyridine rings is 1. The molecular weight excluding hydrogens is 300 g/mol. The molecule has 1 N–H and O–H groups in total. The van der Waals surface area contributed by atoms with Crippen LogP contribution in [0, 0.1) is 6.92 Å². The molecule has 0 saturated carbocycles. The largest absolute Gasteiger partial charge is 0.344 e. The molecule has 0 fully saturated rings. The molecule has 0 aliphatic carbocycles. The fourth-order valence-electron chi connectivity index (χ4n) is 2.17. The second-order valence-corrected chi connectivity index (χ2v) is 5.38. The van der Waals surface area contributed by atoms with E-state index in [1.165, 1.54) is 0 Å². The van der Waals surface area contributed by atoms with Gasteiger partial charge in [-0.2, -0.15) is 5.10 Å². The molecule has 0 aliphatic rings. The summed E-state index contributed by atoms with van der Waals surface area (Å²) in [6.07, 6.45) is 3.46. The first kappa shape index (κ1) is 14.3. The van der Waals surface area contributed by atoms with Gasteiger partial charge < -0.3 is 5.32 Å². The Hall–Kier alpha value is -2.61. The summed E-state index contributed by atoms with van der Waals surface area (Å²) >= 11 is 1.15. The first-order valence-corrected chi connectivity index (χ1v) is 7.54. The van der Waals surface area contributed by atoms with Crippen LogP contribution in [0.3, 0.4) is 0 Å². The zero-order valence-electron chi connectivity index (χ0n) is 12.1. The van der Waals surface area contributed by atoms with E-state index in [1.807, 2.05) is 32.0 Å². The van der Waals surface area contributed by atoms with E-state index in [4.69, 9.17) is 0 Å². The van der Waals surface area contributed by atoms with Gasteiger partial charge in [-0.05, 0) is 37.5 Å². The van der Waals surface area contributed by atoms with Gasteiger partial charge in [-0.15, -0.1) is 5.10 Å². The van der Waals surface area contributed by atoms with Gasteiger partial charge in [0.05, 0.1) is 12.2 Å². The summed E-state index contributed by atoms with van der Waals surface area (Å²) < 4.78 is 5.44. The van der Waals surface area contributed by atoms with E-state index in [0.29, 0.717) is 5.69 Å². The minimum absolute atomic E-state index is 0.188. The number of carbonyl (C=O) groups is 1. The zero-order valence-corrected chi connectivity index (χ0v) is 12.9. The van der Waals surface area contributed by atoms with Gasteiger partial charge in [0.15, 0.2) is 11.5 Å². The predicted octanol–water partition coefficient (Wildman–Crippen LogP) is 1.92. The zero-order chi connectivity index (χ0) is 15.5. The summed E-state index contributed by atoms with van der Waals surface area (Å²) in [5.74, 6) is 0.500. The van der Waals surface area contributed by atoms with Crippen LogP contribution in [0.4, 0.5) is 0 Å². The Morgan fingerprint density at radius 2 is 2.27 bits per heavy atom. The number of hydrogen-bond acceptors (Lipinski definition) is 6. The summed E-state index contributed by atoms with van der Waals surface area (Å²) in [5.41, 5.74) is 2.19. The fourth-order valence-corrected chi connectivity index (χ4v) is 2.61. The summed E-state index contributed by atoms with van der Waals surface area (Å²) in [4.78, 5) is 16.3. The molecule has 22 heavy (non-hydrogen) atoms. The number of aromatic nitrogens is 5. The third-order valence-corrected chi connectivity index (χ3v) is 3.83. The Labute approximate surface area is 131 Å². The quantitative estimate of drug-likeness (QED) is 0.795. The average molecular weight is 314 g/mol. The molecule has 112 valence electrons. The number of carbonyl (C=O) groups excluding carboxylic acids is 1. The molecule has 3 aromatic rings. The van der Waals surface area contributed by atoms with Crippen LogP contribution in [0.1, 0.15) is 34.7 Å². The minimum Gasteiger partial charge on any atom is -0.344 e. The molecular formula is C14H14N6OS. The maximum Gasteiger partial charge on any atom is 0.273 e. The van der Waals surface area contributed by atoms with E-state index >= 15 is 0 Å². The van der Waals surface area contributed by atoms with E-state index in [-0.39, 0.29) is 11.9 Å². The normalized spacial score (nSPS) is 12.1. The van der Waals surface area contributed by atoms with E-state index in [0.717, 1.165) is 28.6 Å². The molecule has 3 aromatic heterocycles. The molecule has 1 atom stereocenters. The lowest BCUT2D eigenvalue weighted by molar-refractivity contribution is 0.0935. The molecule has 3 heterocycles. The smallest absolute Gasteiger partial charge is 0.273 e. The molecule has 0 bridgehead atoms. The van der Waals surface area contributed by atoms with Crippen LogP contribution in [0.25, 0.3) is 5.82 Å². The number of amides is 1. The third kappa shape index (κ3) is 2.73. The van der Waals surface area contributed by atoms with Crippen molar-refractivity contribution in [3.63, 3.8) is 0 Å². The van der Waals surface area contributed by atoms with Gasteiger partial charge >= 0.3 is 0 Å². The van der Waals surface area contributed by atoms with Gasteiger partial charge in [-0.25, -0.2) is 9.67 Å². The Bertz CT molecular complexity index is 768. The molecule has 0 aliphatic heterocycles. The lowest BCUT2D eigenvalue weighted by Crippen LogP contribution is -2.27. The monoisotopic (exact) mass is 314 g/mol. The fraction of sp³-hybridized carbons (Fsp3) is 0.214. The van der Waals surface area contributed by atoms with Crippen LogP contribution >= 0.6 is 11.5 Å². The van der Waals surface area contributed by atoms with Crippen molar-refractivity contribution in [3.8, 4) is 5.82 Å². The van der Waals surface area contributed by atoms with Gasteiger partial charge in [0.2, 0.25) is 0 Å². The van der Waals surface area contributed by atoms with E-state index < -0.39 is 0 Å². The van der Waals surface area contributed by atoms with E-state index in [1.54, 1.807) is 22.5 Å². The van der Waals surface area contributed by atoms with Crippen LogP contribution in [0.2, 0.25) is 0 Å². The standard InChI is InChI=1S/C14H14N6OS/c1-9(17-14(21)12-8-22-19-18-12)11-7-16-20(10(11)2)13-5-3-4-6-15-13/h3-9H,1-2H3,(H,17,21)/t9-/m1/s1. The molecule has 1 amide bonds. The lowest BCUT2D eigenvalue weighted by Gasteiger charge is -2.13. The molecule has 3 rings (SSSR count). The summed E-state index contributed by atoms with van der Waals surface area (Å²) in [6.45, 7) is 3.86. The molecule has 0 spiro atoms. The third-order valence-electron chi connectivity index (χ3n) is 3.32. The van der Waals surface area contributed by atoms with Crippen molar-refractivity contribution in [1.29, 1.82) is 0 Å². The Morgan fingerprint density at radius 1 is 1.41 bits per heavy atom. The minimum atomic E-state index is -0.244. The highest BCUT2D eigenvalue weighted by molar-refractivity contribution is 7.03. The highest BCUT2D eigenvalue weighted by atomic mass is 32.1. The van der Waals surface area contributed by atoms with Crippen LogP contribution in [0.15, 0.2) is 36.0 Å². The van der Waals surface area contributed by atoms with Crippen molar-refractivity contribution in [1.82, 2.24) is 29.7 Å². The van der Waals surface area contributed by atoms with Crippen molar-refractivity contribution in [2.24, 2.45) is 0 Å². The van der Waals surface area contributed by atoms with Crippen LogP contribution < -0.4 is 5.32 Å². The highest BCUT2D eigenvalue weighted by Gasteiger charge is 2.18. The molecule has 7 nitrogen and oxygen atoms in total. The van der Waals surface area contributed by atoms with Crippen molar-refractivity contribution < 1.29 is 4.79 Å². The average Bonchev–Trinajstić information content (AvgIpc) is 3.17. The molecule has 0 saturated heterocycles. The van der Waals surface area contributed by atoms with Crippen molar-refractivity contribution >= 4 is 17.4 Å². The van der Waals surface area contributed by atoms with Crippen LogP contribution in [0.5, 0.6) is 0 Å². The molecule has 8 heteroatoms. The topological polar surface area (TPSA) is 85.6 Å². The number of nitrogens with zero attached hydrogens (tertiary/aromatic N) is 5. The first-order chi connectivity index (χ1) is 10.7. The summed E-state index contributed by atoms with van der Waals surface area (Å²) in [5, 5.41) is 12.6. The van der Waals surface area contributed by atoms with Crippen molar-refractivity contribution in [2.75, 3.05) is 0 Å². The SMILES string of the molecule is Cc1c([C@@H](C)NC(=O)c2csnn2)cnn1-c1ccccn1. The predicted molar refractivity (Wildman–Crippen MR) is 81.9 cm³/mol. The van der Waals surface area contributed by atoms with Gasteiger partial charge in [-0.1, -0.05) is 10.6 Å². The number of rotatable bonds is 4. The number of nitrogens with one attached hydrogen (secondary N) is 1. The lowest BCUT2D eigenvalue weighted by atomic mass is 10.1. The molecule has 0 aromatic carbocycles. The first-order valence-electron chi connectivity index (χ1n) is 6.70. The molecule has 0 unspecified atom stereocenters. The van der Waals surface area contributed by atoms with E-state index in [9.17, 15) is 4.79 Å². The Kier molecular flexibility index (Phi) is 3.92. The Morgan fingerprint density at radius 3 is 2.95 bits per heavy atom. The maximum atomic E-state index is 12.0. The highest BCUT2D eigenvalue weighted by Crippen LogP contribution is 2.19. The second kappa shape index (κ2) is 6.02. The van der Waals surface area contributed by atoms with Gasteiger partial charge in [0.1, 0.15) is 0 Å². The van der Waals surface area contributed by atoms with Crippen LogP contribution in [-0.2, 0) is 0 Å². The van der Waals surface area contributed by atoms with Crippen LogP contribution in [-0.4, -0.2) is 30.3 Å². The maximum absolute atomic E-state index is 12.0. The van der Waals surface area contributed by atoms with Gasteiger partial charge in [0.25, 0.3) is 5.91 Å². The number of hydrogen-bond donors (Lipinski definition) is 1. The van der Waals surface area contributed by atoms with Crippen molar-refractivity contribution in [2.45, 2.75) is 19.9 Å². The Balaban J connectivity index is 1.81. The molecule has 0 radical (unpaired) electrons. The second-order valence-electron chi connectivity index (χ2n) is 4.77. The van der Waals surface area contributed by atoms with Gasteiger partial charge in [-0.3, -0.25) is 4.79 Å². The summed E-state index contributed by atoms with van der Waals surface area (Å²) in [7, 11) is 0. The van der Waals surface area contributed by atoms with Crippen molar-refractivity contribution in [3.05, 3.63) is 52.9 Å². The van der Waals surface area contributed by atoms with E-state index in [2.05, 4.69) is 25.0 Å². The van der Waals surface area contributed by atoms with Gasteiger partial charge in [0, 0.05) is 22.8 Å². The summed E-state index contributed by atoms with van der Waals surface area (Å²) in [6, 6.07) is 5.46.